The topological polar surface area (TPSA) is 77.2 Å². The van der Waals surface area contributed by atoms with Crippen molar-refractivity contribution >= 4 is 12.0 Å². The highest BCUT2D eigenvalue weighted by atomic mass is 19.3. The number of nitrogens with one attached hydrogen (secondary N) is 1. The van der Waals surface area contributed by atoms with Gasteiger partial charge in [0.1, 0.15) is 11.8 Å². The molecule has 0 bridgehead atoms. The maximum absolute atomic E-state index is 12.5. The van der Waals surface area contributed by atoms with E-state index in [1.807, 2.05) is 13.8 Å². The Bertz CT molecular complexity index is 816. The van der Waals surface area contributed by atoms with Crippen molar-refractivity contribution in [1.29, 1.82) is 0 Å². The summed E-state index contributed by atoms with van der Waals surface area (Å²) in [4.78, 5) is 16.7. The van der Waals surface area contributed by atoms with Crippen LogP contribution in [-0.2, 0) is 4.79 Å². The summed E-state index contributed by atoms with van der Waals surface area (Å²) < 4.78 is 34.7. The molecule has 0 saturated heterocycles. The Kier molecular flexibility index (Phi) is 5.83. The predicted molar refractivity (Wildman–Crippen MR) is 94.1 cm³/mol. The van der Waals surface area contributed by atoms with Crippen molar-refractivity contribution in [1.82, 2.24) is 15.5 Å². The summed E-state index contributed by atoms with van der Waals surface area (Å²) in [6.07, 6.45) is 4.80. The largest absolute Gasteiger partial charge is 0.434 e. The van der Waals surface area contributed by atoms with Crippen LogP contribution >= 0.6 is 0 Å². The molecular weight excluding hydrogens is 356 g/mol. The number of hydrogen-bond acceptors (Lipinski definition) is 5. The van der Waals surface area contributed by atoms with Gasteiger partial charge in [-0.15, -0.1) is 0 Å². The second-order valence-electron chi connectivity index (χ2n) is 6.75. The fraction of sp³-hybridized carbons (Fsp3) is 0.421. The van der Waals surface area contributed by atoms with Crippen LogP contribution in [0.4, 0.5) is 8.78 Å². The van der Waals surface area contributed by atoms with Crippen LogP contribution in [0.5, 0.6) is 5.75 Å². The van der Waals surface area contributed by atoms with Gasteiger partial charge in [0.05, 0.1) is 0 Å². The number of hydrogen-bond donors (Lipinski definition) is 1. The standard InChI is InChI=1S/C19H21F2N3O3/c1-11(2)16(18-23-17(24-27-18)13-7-8-13)22-15(25)10-9-12-5-3-4-6-14(12)26-19(20)21/h3-6,9-11,13,16,19H,7-8H2,1-2H3,(H,22,25)/b10-9+. The molecule has 1 aliphatic rings. The van der Waals surface area contributed by atoms with E-state index >= 15 is 0 Å². The third-order valence-corrected chi connectivity index (χ3v) is 4.18. The lowest BCUT2D eigenvalue weighted by Crippen LogP contribution is -2.30. The fourth-order valence-corrected chi connectivity index (χ4v) is 2.58. The first-order valence-electron chi connectivity index (χ1n) is 8.80. The number of carbonyl (C=O) groups excluding carboxylic acids is 1. The molecule has 1 amide bonds. The first kappa shape index (κ1) is 19.0. The van der Waals surface area contributed by atoms with Crippen molar-refractivity contribution in [2.45, 2.75) is 45.3 Å². The van der Waals surface area contributed by atoms with E-state index in [2.05, 4.69) is 20.2 Å². The Balaban J connectivity index is 1.68. The minimum absolute atomic E-state index is 0.00272. The van der Waals surface area contributed by atoms with Crippen LogP contribution in [0.25, 0.3) is 6.08 Å². The van der Waals surface area contributed by atoms with Gasteiger partial charge >= 0.3 is 6.61 Å². The number of nitrogens with zero attached hydrogens (tertiary/aromatic N) is 2. The van der Waals surface area contributed by atoms with Crippen LogP contribution in [0, 0.1) is 5.92 Å². The van der Waals surface area contributed by atoms with Gasteiger partial charge in [-0.25, -0.2) is 0 Å². The van der Waals surface area contributed by atoms with Gasteiger partial charge in [-0.05, 0) is 30.9 Å². The van der Waals surface area contributed by atoms with Gasteiger partial charge in [-0.2, -0.15) is 13.8 Å². The monoisotopic (exact) mass is 377 g/mol. The lowest BCUT2D eigenvalue weighted by atomic mass is 10.0. The van der Waals surface area contributed by atoms with E-state index < -0.39 is 18.6 Å². The van der Waals surface area contributed by atoms with Crippen LogP contribution in [-0.4, -0.2) is 22.7 Å². The van der Waals surface area contributed by atoms with Gasteiger partial charge in [-0.3, -0.25) is 4.79 Å². The zero-order chi connectivity index (χ0) is 19.4. The van der Waals surface area contributed by atoms with E-state index in [9.17, 15) is 13.6 Å². The average Bonchev–Trinajstić information content (AvgIpc) is 3.36. The summed E-state index contributed by atoms with van der Waals surface area (Å²) in [5, 5.41) is 6.80. The van der Waals surface area contributed by atoms with E-state index in [1.54, 1.807) is 18.2 Å². The van der Waals surface area contributed by atoms with Crippen molar-refractivity contribution in [3.8, 4) is 5.75 Å². The molecule has 1 saturated carbocycles. The molecule has 1 heterocycles. The highest BCUT2D eigenvalue weighted by Crippen LogP contribution is 2.38. The molecule has 0 aliphatic heterocycles. The summed E-state index contributed by atoms with van der Waals surface area (Å²) in [6.45, 7) is 0.931. The Morgan fingerprint density at radius 3 is 2.74 bits per heavy atom. The van der Waals surface area contributed by atoms with Crippen LogP contribution in [0.15, 0.2) is 34.9 Å². The molecule has 1 aromatic heterocycles. The molecule has 1 fully saturated rings. The number of amides is 1. The van der Waals surface area contributed by atoms with Crippen molar-refractivity contribution in [3.05, 3.63) is 47.6 Å². The smallest absolute Gasteiger partial charge is 0.387 e. The molecule has 0 spiro atoms. The summed E-state index contributed by atoms with van der Waals surface area (Å²) in [7, 11) is 0. The average molecular weight is 377 g/mol. The second-order valence-corrected chi connectivity index (χ2v) is 6.75. The summed E-state index contributed by atoms with van der Waals surface area (Å²) in [5.74, 6) is 1.05. The Hall–Kier alpha value is -2.77. The molecule has 8 heteroatoms. The summed E-state index contributed by atoms with van der Waals surface area (Å²) in [5.41, 5.74) is 0.378. The van der Waals surface area contributed by atoms with Gasteiger partial charge < -0.3 is 14.6 Å². The van der Waals surface area contributed by atoms with Crippen LogP contribution in [0.2, 0.25) is 0 Å². The Labute approximate surface area is 155 Å². The van der Waals surface area contributed by atoms with Crippen LogP contribution in [0.3, 0.4) is 0 Å². The number of aromatic nitrogens is 2. The zero-order valence-electron chi connectivity index (χ0n) is 15.1. The first-order valence-corrected chi connectivity index (χ1v) is 8.80. The Morgan fingerprint density at radius 1 is 1.33 bits per heavy atom. The second kappa shape index (κ2) is 8.28. The summed E-state index contributed by atoms with van der Waals surface area (Å²) >= 11 is 0. The SMILES string of the molecule is CC(C)C(NC(=O)/C=C/c1ccccc1OC(F)F)c1nc(C2CC2)no1. The van der Waals surface area contributed by atoms with E-state index in [1.165, 1.54) is 18.2 Å². The van der Waals surface area contributed by atoms with Gasteiger partial charge in [0.2, 0.25) is 11.8 Å². The highest BCUT2D eigenvalue weighted by Gasteiger charge is 2.31. The maximum Gasteiger partial charge on any atom is 0.387 e. The molecule has 0 radical (unpaired) electrons. The number of rotatable bonds is 8. The number of benzene rings is 1. The molecule has 6 nitrogen and oxygen atoms in total. The van der Waals surface area contributed by atoms with E-state index in [0.29, 0.717) is 23.2 Å². The molecule has 1 atom stereocenters. The molecule has 1 N–H and O–H groups in total. The number of carbonyl (C=O) groups is 1. The number of halogens is 2. The van der Waals surface area contributed by atoms with Crippen LogP contribution < -0.4 is 10.1 Å². The third kappa shape index (κ3) is 5.12. The molecule has 1 aliphatic carbocycles. The van der Waals surface area contributed by atoms with Crippen LogP contribution in [0.1, 0.15) is 55.9 Å². The number of para-hydroxylation sites is 1. The molecule has 27 heavy (non-hydrogen) atoms. The number of ether oxygens (including phenoxy) is 1. The van der Waals surface area contributed by atoms with Crippen molar-refractivity contribution in [2.75, 3.05) is 0 Å². The van der Waals surface area contributed by atoms with Crippen molar-refractivity contribution in [3.63, 3.8) is 0 Å². The number of alkyl halides is 2. The molecule has 3 rings (SSSR count). The normalized spacial score (nSPS) is 15.5. The zero-order valence-corrected chi connectivity index (χ0v) is 15.1. The van der Waals surface area contributed by atoms with Gasteiger partial charge in [-0.1, -0.05) is 37.2 Å². The Morgan fingerprint density at radius 2 is 2.07 bits per heavy atom. The minimum Gasteiger partial charge on any atom is -0.434 e. The lowest BCUT2D eigenvalue weighted by Gasteiger charge is -2.17. The van der Waals surface area contributed by atoms with Gasteiger partial charge in [0, 0.05) is 17.6 Å². The quantitative estimate of drug-likeness (QED) is 0.702. The van der Waals surface area contributed by atoms with Gasteiger partial charge in [0.15, 0.2) is 5.82 Å². The molecule has 144 valence electrons. The summed E-state index contributed by atoms with van der Waals surface area (Å²) in [6, 6.07) is 5.82. The fourth-order valence-electron chi connectivity index (χ4n) is 2.58. The van der Waals surface area contributed by atoms with E-state index in [4.69, 9.17) is 4.52 Å². The minimum atomic E-state index is -2.93. The molecule has 1 aromatic carbocycles. The maximum atomic E-state index is 12.5. The first-order chi connectivity index (χ1) is 12.9. The van der Waals surface area contributed by atoms with Crippen molar-refractivity contribution < 1.29 is 22.8 Å². The van der Waals surface area contributed by atoms with Crippen molar-refractivity contribution in [2.24, 2.45) is 5.92 Å². The molecule has 1 unspecified atom stereocenters. The predicted octanol–water partition coefficient (Wildman–Crippen LogP) is 4.08. The lowest BCUT2D eigenvalue weighted by molar-refractivity contribution is -0.117. The highest BCUT2D eigenvalue weighted by molar-refractivity contribution is 5.92. The third-order valence-electron chi connectivity index (χ3n) is 4.18. The molecule has 2 aromatic rings. The van der Waals surface area contributed by atoms with E-state index in [-0.39, 0.29) is 11.7 Å². The van der Waals surface area contributed by atoms with E-state index in [0.717, 1.165) is 12.8 Å². The molecular formula is C19H21F2N3O3. The van der Waals surface area contributed by atoms with Gasteiger partial charge in [0.25, 0.3) is 0 Å².